The molecule has 204 valence electrons. The lowest BCUT2D eigenvalue weighted by Crippen LogP contribution is -2.29. The maximum absolute atomic E-state index is 9.53. The lowest BCUT2D eigenvalue weighted by atomic mass is 9.72. The molecule has 0 saturated heterocycles. The lowest BCUT2D eigenvalue weighted by molar-refractivity contribution is 0.145. The summed E-state index contributed by atoms with van der Waals surface area (Å²) in [4.78, 5) is 2.28. The van der Waals surface area contributed by atoms with Crippen LogP contribution in [0.15, 0.2) is 103 Å². The minimum atomic E-state index is -0.374. The molecule has 0 amide bonds. The summed E-state index contributed by atoms with van der Waals surface area (Å²) in [5, 5.41) is 19.1. The van der Waals surface area contributed by atoms with Gasteiger partial charge in [-0.05, 0) is 95.6 Å². The second kappa shape index (κ2) is 12.2. The molecule has 0 aliphatic heterocycles. The molecule has 0 heterocycles. The van der Waals surface area contributed by atoms with E-state index in [1.165, 1.54) is 16.7 Å². The van der Waals surface area contributed by atoms with Gasteiger partial charge in [0.05, 0.1) is 0 Å². The Morgan fingerprint density at radius 3 is 1.71 bits per heavy atom. The first-order valence-electron chi connectivity index (χ1n) is 13.8. The molecule has 4 aromatic rings. The number of ether oxygens (including phenoxy) is 2. The zero-order valence-electron chi connectivity index (χ0n) is 23.7. The number of allylic oxidation sites excluding steroid dienone is 2. The van der Waals surface area contributed by atoms with Crippen molar-refractivity contribution in [1.82, 2.24) is 0 Å². The van der Waals surface area contributed by atoms with Crippen molar-refractivity contribution in [3.63, 3.8) is 0 Å². The highest BCUT2D eigenvalue weighted by molar-refractivity contribution is 5.87. The van der Waals surface area contributed by atoms with Crippen molar-refractivity contribution in [1.29, 1.82) is 10.5 Å². The third-order valence-corrected chi connectivity index (χ3v) is 8.13. The third-order valence-electron chi connectivity index (χ3n) is 8.13. The Bertz CT molecular complexity index is 1580. The average molecular weight is 540 g/mol. The first-order chi connectivity index (χ1) is 20.1. The van der Waals surface area contributed by atoms with Crippen LogP contribution in [0.3, 0.4) is 0 Å². The summed E-state index contributed by atoms with van der Waals surface area (Å²) in [7, 11) is 3.47. The predicted octanol–water partition coefficient (Wildman–Crippen LogP) is 8.32. The number of nitriles is 2. The van der Waals surface area contributed by atoms with Crippen LogP contribution in [0.5, 0.6) is 0 Å². The maximum Gasteiger partial charge on any atom is 0.133 e. The molecule has 0 atom stereocenters. The fourth-order valence-electron chi connectivity index (χ4n) is 6.01. The van der Waals surface area contributed by atoms with E-state index in [1.54, 1.807) is 14.2 Å². The van der Waals surface area contributed by atoms with Crippen LogP contribution < -0.4 is 4.90 Å². The molecule has 1 aliphatic carbocycles. The van der Waals surface area contributed by atoms with Gasteiger partial charge < -0.3 is 14.4 Å². The summed E-state index contributed by atoms with van der Waals surface area (Å²) in [6, 6.07) is 37.9. The zero-order valence-corrected chi connectivity index (χ0v) is 23.7. The Morgan fingerprint density at radius 1 is 0.683 bits per heavy atom. The SMILES string of the molecule is COCCC1(CCOC)c2cc(C(C)=C(C#N)C#N)ccc2-c2ccc(N(c3ccccc3)c3ccccc3)cc21. The molecule has 5 heteroatoms. The fourth-order valence-corrected chi connectivity index (χ4v) is 6.01. The number of para-hydroxylation sites is 2. The Hall–Kier alpha value is -4.68. The second-order valence-corrected chi connectivity index (χ2v) is 10.3. The van der Waals surface area contributed by atoms with Gasteiger partial charge >= 0.3 is 0 Å². The number of methoxy groups -OCH3 is 2. The van der Waals surface area contributed by atoms with Crippen molar-refractivity contribution in [3.8, 4) is 23.3 Å². The third kappa shape index (κ3) is 5.14. The fraction of sp³-hybridized carbons (Fsp3) is 0.222. The van der Waals surface area contributed by atoms with E-state index in [-0.39, 0.29) is 11.0 Å². The molecule has 0 unspecified atom stereocenters. The molecule has 1 aliphatic rings. The van der Waals surface area contributed by atoms with Crippen molar-refractivity contribution in [3.05, 3.63) is 119 Å². The average Bonchev–Trinajstić information content (AvgIpc) is 3.29. The van der Waals surface area contributed by atoms with E-state index in [0.29, 0.717) is 18.8 Å². The Morgan fingerprint density at radius 2 is 1.20 bits per heavy atom. The molecular formula is C36H33N3O2. The summed E-state index contributed by atoms with van der Waals surface area (Å²) in [6.07, 6.45) is 1.53. The number of anilines is 3. The highest BCUT2D eigenvalue weighted by atomic mass is 16.5. The standard InChI is InChI=1S/C36H33N3O2/c1-26(28(24-37)25-38)27-14-16-32-33-17-15-31(39(29-10-6-4-7-11-29)30-12-8-5-9-13-30)23-35(33)36(18-20-40-2,19-21-41-3)34(32)22-27/h4-17,22-23H,18-21H2,1-3H3. The van der Waals surface area contributed by atoms with Crippen LogP contribution in [-0.4, -0.2) is 27.4 Å². The minimum absolute atomic E-state index is 0.128. The molecule has 0 bridgehead atoms. The van der Waals surface area contributed by atoms with Crippen LogP contribution in [0.4, 0.5) is 17.1 Å². The van der Waals surface area contributed by atoms with Gasteiger partial charge in [-0.1, -0.05) is 54.6 Å². The molecule has 4 aromatic carbocycles. The van der Waals surface area contributed by atoms with Gasteiger partial charge in [-0.25, -0.2) is 0 Å². The number of hydrogen-bond acceptors (Lipinski definition) is 5. The number of benzene rings is 4. The number of rotatable bonds is 10. The van der Waals surface area contributed by atoms with Gasteiger partial charge in [-0.2, -0.15) is 10.5 Å². The summed E-state index contributed by atoms with van der Waals surface area (Å²) in [5.41, 5.74) is 9.31. The van der Waals surface area contributed by atoms with Gasteiger partial charge in [0.25, 0.3) is 0 Å². The smallest absolute Gasteiger partial charge is 0.133 e. The highest BCUT2D eigenvalue weighted by Gasteiger charge is 2.43. The Balaban J connectivity index is 1.74. The Labute approximate surface area is 242 Å². The highest BCUT2D eigenvalue weighted by Crippen LogP contribution is 2.55. The van der Waals surface area contributed by atoms with Crippen molar-refractivity contribution in [2.24, 2.45) is 0 Å². The molecule has 0 fully saturated rings. The molecule has 41 heavy (non-hydrogen) atoms. The van der Waals surface area contributed by atoms with Crippen molar-refractivity contribution < 1.29 is 9.47 Å². The molecule has 0 saturated carbocycles. The zero-order chi connectivity index (χ0) is 28.8. The monoisotopic (exact) mass is 539 g/mol. The lowest BCUT2D eigenvalue weighted by Gasteiger charge is -2.33. The molecular weight excluding hydrogens is 506 g/mol. The summed E-state index contributed by atoms with van der Waals surface area (Å²) in [6.45, 7) is 3.00. The maximum atomic E-state index is 9.53. The summed E-state index contributed by atoms with van der Waals surface area (Å²) in [5.74, 6) is 0. The largest absolute Gasteiger partial charge is 0.385 e. The van der Waals surface area contributed by atoms with E-state index in [9.17, 15) is 10.5 Å². The molecule has 0 N–H and O–H groups in total. The van der Waals surface area contributed by atoms with Gasteiger partial charge in [0.1, 0.15) is 17.7 Å². The van der Waals surface area contributed by atoms with E-state index in [4.69, 9.17) is 9.47 Å². The van der Waals surface area contributed by atoms with Gasteiger partial charge in [0.15, 0.2) is 0 Å². The quantitative estimate of drug-likeness (QED) is 0.190. The van der Waals surface area contributed by atoms with Crippen LogP contribution in [0.25, 0.3) is 16.7 Å². The first-order valence-corrected chi connectivity index (χ1v) is 13.8. The van der Waals surface area contributed by atoms with E-state index >= 15 is 0 Å². The van der Waals surface area contributed by atoms with Gasteiger partial charge in [0.2, 0.25) is 0 Å². The molecule has 5 rings (SSSR count). The van der Waals surface area contributed by atoms with E-state index in [0.717, 1.165) is 41.0 Å². The molecule has 0 spiro atoms. The molecule has 0 radical (unpaired) electrons. The molecule has 5 nitrogen and oxygen atoms in total. The van der Waals surface area contributed by atoms with E-state index in [1.807, 2.05) is 37.3 Å². The van der Waals surface area contributed by atoms with Crippen LogP contribution in [-0.2, 0) is 14.9 Å². The predicted molar refractivity (Wildman–Crippen MR) is 164 cm³/mol. The summed E-state index contributed by atoms with van der Waals surface area (Å²) >= 11 is 0. The second-order valence-electron chi connectivity index (χ2n) is 10.3. The van der Waals surface area contributed by atoms with Crippen LogP contribution >= 0.6 is 0 Å². The number of nitrogens with zero attached hydrogens (tertiary/aromatic N) is 3. The van der Waals surface area contributed by atoms with Crippen molar-refractivity contribution >= 4 is 22.6 Å². The normalized spacial score (nSPS) is 12.5. The topological polar surface area (TPSA) is 69.3 Å². The van der Waals surface area contributed by atoms with Gasteiger partial charge in [-0.3, -0.25) is 0 Å². The number of fused-ring (bicyclic) bond motifs is 3. The van der Waals surface area contributed by atoms with Crippen molar-refractivity contribution in [2.75, 3.05) is 32.3 Å². The van der Waals surface area contributed by atoms with Gasteiger partial charge in [-0.15, -0.1) is 0 Å². The first kappa shape index (κ1) is 27.9. The van der Waals surface area contributed by atoms with E-state index in [2.05, 4.69) is 83.8 Å². The van der Waals surface area contributed by atoms with E-state index < -0.39 is 0 Å². The van der Waals surface area contributed by atoms with Crippen LogP contribution in [0.1, 0.15) is 36.5 Å². The minimum Gasteiger partial charge on any atom is -0.385 e. The van der Waals surface area contributed by atoms with Gasteiger partial charge in [0, 0.05) is 49.9 Å². The van der Waals surface area contributed by atoms with Crippen LogP contribution in [0, 0.1) is 22.7 Å². The number of hydrogen-bond donors (Lipinski definition) is 0. The van der Waals surface area contributed by atoms with Crippen LogP contribution in [0.2, 0.25) is 0 Å². The Kier molecular flexibility index (Phi) is 8.31. The molecule has 0 aromatic heterocycles. The van der Waals surface area contributed by atoms with Crippen molar-refractivity contribution in [2.45, 2.75) is 25.2 Å². The summed E-state index contributed by atoms with van der Waals surface area (Å²) < 4.78 is 11.3.